The van der Waals surface area contributed by atoms with Crippen LogP contribution in [0.4, 0.5) is 0 Å². The summed E-state index contributed by atoms with van der Waals surface area (Å²) in [6, 6.07) is 9.61. The molecule has 0 saturated carbocycles. The van der Waals surface area contributed by atoms with Crippen LogP contribution in [0, 0.1) is 0 Å². The minimum atomic E-state index is -0.347. The fourth-order valence-corrected chi connectivity index (χ4v) is 1.93. The number of hydrogen-bond donors (Lipinski definition) is 1. The molecule has 16 heavy (non-hydrogen) atoms. The van der Waals surface area contributed by atoms with E-state index in [1.54, 1.807) is 7.05 Å². The maximum absolute atomic E-state index is 11.7. The normalized spacial score (nSPS) is 13.2. The molecule has 0 aliphatic heterocycles. The third-order valence-electron chi connectivity index (χ3n) is 2.97. The molecule has 1 aromatic carbocycles. The second kappa shape index (κ2) is 5.12. The zero-order valence-electron chi connectivity index (χ0n) is 10.3. The number of methoxy groups -OCH3 is 1. The van der Waals surface area contributed by atoms with Gasteiger partial charge in [0.2, 0.25) is 0 Å². The van der Waals surface area contributed by atoms with E-state index in [1.165, 1.54) is 7.11 Å². The number of likely N-dealkylation sites (N-methyl/N-ethyl adjacent to an activating group) is 1. The predicted octanol–water partition coefficient (Wildman–Crippen LogP) is 1.73. The molecule has 0 aliphatic rings. The van der Waals surface area contributed by atoms with Crippen molar-refractivity contribution < 1.29 is 9.53 Å². The van der Waals surface area contributed by atoms with Crippen molar-refractivity contribution >= 4 is 5.97 Å². The maximum atomic E-state index is 11.7. The van der Waals surface area contributed by atoms with Gasteiger partial charge in [0.05, 0.1) is 7.11 Å². The lowest BCUT2D eigenvalue weighted by Crippen LogP contribution is -2.49. The Morgan fingerprint density at radius 1 is 1.31 bits per heavy atom. The van der Waals surface area contributed by atoms with Gasteiger partial charge in [-0.25, -0.2) is 0 Å². The van der Waals surface area contributed by atoms with Gasteiger partial charge in [-0.05, 0) is 12.6 Å². The van der Waals surface area contributed by atoms with E-state index in [1.807, 2.05) is 44.2 Å². The van der Waals surface area contributed by atoms with Crippen molar-refractivity contribution in [2.45, 2.75) is 25.3 Å². The fraction of sp³-hybridized carbons (Fsp3) is 0.462. The summed E-state index contributed by atoms with van der Waals surface area (Å²) in [5, 5.41) is 3.02. The van der Waals surface area contributed by atoms with Crippen molar-refractivity contribution in [2.24, 2.45) is 0 Å². The number of hydrogen-bond acceptors (Lipinski definition) is 3. The average molecular weight is 221 g/mol. The van der Waals surface area contributed by atoms with Crippen molar-refractivity contribution in [1.82, 2.24) is 5.32 Å². The van der Waals surface area contributed by atoms with Gasteiger partial charge in [0.15, 0.2) is 0 Å². The largest absolute Gasteiger partial charge is 0.468 e. The van der Waals surface area contributed by atoms with Crippen LogP contribution in [-0.2, 0) is 14.9 Å². The number of carbonyl (C=O) groups excluding carboxylic acids is 1. The van der Waals surface area contributed by atoms with Crippen molar-refractivity contribution in [3.63, 3.8) is 0 Å². The number of rotatable bonds is 4. The molecule has 0 spiro atoms. The van der Waals surface area contributed by atoms with Crippen molar-refractivity contribution in [1.29, 1.82) is 0 Å². The lowest BCUT2D eigenvalue weighted by molar-refractivity contribution is -0.144. The lowest BCUT2D eigenvalue weighted by atomic mass is 9.78. The minimum absolute atomic E-state index is 0.239. The highest BCUT2D eigenvalue weighted by molar-refractivity contribution is 5.78. The second-order valence-corrected chi connectivity index (χ2v) is 4.33. The summed E-state index contributed by atoms with van der Waals surface area (Å²) in [5.74, 6) is -0.239. The van der Waals surface area contributed by atoms with E-state index < -0.39 is 0 Å². The minimum Gasteiger partial charge on any atom is -0.468 e. The first-order valence-electron chi connectivity index (χ1n) is 5.34. The Balaban J connectivity index is 3.04. The summed E-state index contributed by atoms with van der Waals surface area (Å²) in [5.41, 5.74) is 0.808. The predicted molar refractivity (Wildman–Crippen MR) is 64.3 cm³/mol. The van der Waals surface area contributed by atoms with Crippen LogP contribution < -0.4 is 5.32 Å². The first kappa shape index (κ1) is 12.7. The van der Waals surface area contributed by atoms with Gasteiger partial charge < -0.3 is 10.1 Å². The molecule has 0 amide bonds. The van der Waals surface area contributed by atoms with Crippen LogP contribution in [0.3, 0.4) is 0 Å². The number of esters is 1. The Hall–Kier alpha value is -1.35. The first-order valence-corrected chi connectivity index (χ1v) is 5.34. The molecule has 0 unspecified atom stereocenters. The highest BCUT2D eigenvalue weighted by atomic mass is 16.5. The van der Waals surface area contributed by atoms with Gasteiger partial charge in [0, 0.05) is 5.41 Å². The molecule has 0 heterocycles. The Morgan fingerprint density at radius 3 is 2.31 bits per heavy atom. The smallest absolute Gasteiger partial charge is 0.323 e. The Labute approximate surface area is 96.8 Å². The van der Waals surface area contributed by atoms with Gasteiger partial charge in [-0.3, -0.25) is 4.79 Å². The maximum Gasteiger partial charge on any atom is 0.323 e. The van der Waals surface area contributed by atoms with E-state index in [2.05, 4.69) is 5.32 Å². The van der Waals surface area contributed by atoms with Crippen LogP contribution in [0.5, 0.6) is 0 Å². The van der Waals surface area contributed by atoms with E-state index in [9.17, 15) is 4.79 Å². The Morgan fingerprint density at radius 2 is 1.88 bits per heavy atom. The molecule has 1 aromatic rings. The molecule has 1 N–H and O–H groups in total. The number of benzene rings is 1. The molecule has 88 valence electrons. The first-order chi connectivity index (χ1) is 7.54. The summed E-state index contributed by atoms with van der Waals surface area (Å²) in [6.45, 7) is 4.06. The van der Waals surface area contributed by atoms with Gasteiger partial charge in [-0.15, -0.1) is 0 Å². The van der Waals surface area contributed by atoms with Crippen molar-refractivity contribution in [3.8, 4) is 0 Å². The van der Waals surface area contributed by atoms with Gasteiger partial charge >= 0.3 is 5.97 Å². The van der Waals surface area contributed by atoms with Crippen molar-refractivity contribution in [3.05, 3.63) is 35.9 Å². The lowest BCUT2D eigenvalue weighted by Gasteiger charge is -2.32. The quantitative estimate of drug-likeness (QED) is 0.787. The molecule has 1 atom stereocenters. The zero-order chi connectivity index (χ0) is 12.2. The highest BCUT2D eigenvalue weighted by Crippen LogP contribution is 2.27. The SMILES string of the molecule is CN[C@H](C(=O)OC)C(C)(C)c1ccccc1. The summed E-state index contributed by atoms with van der Waals surface area (Å²) in [7, 11) is 3.18. The van der Waals surface area contributed by atoms with Gasteiger partial charge in [-0.2, -0.15) is 0 Å². The molecule has 1 rings (SSSR count). The number of carbonyl (C=O) groups is 1. The number of ether oxygens (including phenoxy) is 1. The molecule has 0 aliphatic carbocycles. The van der Waals surface area contributed by atoms with Gasteiger partial charge in [-0.1, -0.05) is 44.2 Å². The van der Waals surface area contributed by atoms with E-state index >= 15 is 0 Å². The molecule has 0 fully saturated rings. The van der Waals surface area contributed by atoms with Crippen LogP contribution in [0.15, 0.2) is 30.3 Å². The topological polar surface area (TPSA) is 38.3 Å². The molecular formula is C13H19NO2. The average Bonchev–Trinajstić information content (AvgIpc) is 2.30. The zero-order valence-corrected chi connectivity index (χ0v) is 10.3. The van der Waals surface area contributed by atoms with E-state index in [0.717, 1.165) is 5.56 Å². The second-order valence-electron chi connectivity index (χ2n) is 4.33. The fourth-order valence-electron chi connectivity index (χ4n) is 1.93. The van der Waals surface area contributed by atoms with Gasteiger partial charge in [0.25, 0.3) is 0 Å². The Kier molecular flexibility index (Phi) is 4.07. The third-order valence-corrected chi connectivity index (χ3v) is 2.97. The van der Waals surface area contributed by atoms with Gasteiger partial charge in [0.1, 0.15) is 6.04 Å². The van der Waals surface area contributed by atoms with E-state index in [4.69, 9.17) is 4.74 Å². The molecule has 3 heteroatoms. The monoisotopic (exact) mass is 221 g/mol. The molecule has 0 radical (unpaired) electrons. The molecule has 0 bridgehead atoms. The summed E-state index contributed by atoms with van der Waals surface area (Å²) >= 11 is 0. The van der Waals surface area contributed by atoms with Crippen molar-refractivity contribution in [2.75, 3.05) is 14.2 Å². The molecular weight excluding hydrogens is 202 g/mol. The van der Waals surface area contributed by atoms with Crippen LogP contribution in [0.1, 0.15) is 19.4 Å². The summed E-state index contributed by atoms with van der Waals surface area (Å²) in [6.07, 6.45) is 0. The molecule has 3 nitrogen and oxygen atoms in total. The standard InChI is InChI=1S/C13H19NO2/c1-13(2,10-8-6-5-7-9-10)11(14-3)12(15)16-4/h5-9,11,14H,1-4H3/t11-/m1/s1. The molecule has 0 saturated heterocycles. The highest BCUT2D eigenvalue weighted by Gasteiger charge is 2.36. The van der Waals surface area contributed by atoms with Crippen LogP contribution in [-0.4, -0.2) is 26.2 Å². The number of nitrogens with one attached hydrogen (secondary N) is 1. The van der Waals surface area contributed by atoms with E-state index in [0.29, 0.717) is 0 Å². The van der Waals surface area contributed by atoms with Crippen LogP contribution in [0.25, 0.3) is 0 Å². The molecule has 0 aromatic heterocycles. The van der Waals surface area contributed by atoms with E-state index in [-0.39, 0.29) is 17.4 Å². The Bertz CT molecular complexity index is 346. The summed E-state index contributed by atoms with van der Waals surface area (Å²) < 4.78 is 4.81. The third kappa shape index (κ3) is 2.42. The van der Waals surface area contributed by atoms with Crippen LogP contribution in [0.2, 0.25) is 0 Å². The summed E-state index contributed by atoms with van der Waals surface area (Å²) in [4.78, 5) is 11.7. The van der Waals surface area contributed by atoms with Crippen LogP contribution >= 0.6 is 0 Å².